The molecular formula is C11H17N3. The van der Waals surface area contributed by atoms with Crippen molar-refractivity contribution >= 4 is 17.2 Å². The summed E-state index contributed by atoms with van der Waals surface area (Å²) in [5.74, 6) is 0.918. The Hall–Kier alpha value is -1.51. The average Bonchev–Trinajstić information content (AvgIpc) is 2.21. The van der Waals surface area contributed by atoms with E-state index in [0.717, 1.165) is 17.2 Å². The SMILES string of the molecule is CN=C(C)Nc1cc(NC)ccc1C. The van der Waals surface area contributed by atoms with Crippen molar-refractivity contribution in [2.45, 2.75) is 13.8 Å². The van der Waals surface area contributed by atoms with Crippen LogP contribution in [0.25, 0.3) is 0 Å². The minimum Gasteiger partial charge on any atom is -0.388 e. The zero-order valence-electron chi connectivity index (χ0n) is 9.18. The van der Waals surface area contributed by atoms with E-state index in [9.17, 15) is 0 Å². The predicted octanol–water partition coefficient (Wildman–Crippen LogP) is 2.50. The zero-order valence-corrected chi connectivity index (χ0v) is 9.18. The molecule has 0 radical (unpaired) electrons. The number of hydrogen-bond donors (Lipinski definition) is 2. The first-order valence-electron chi connectivity index (χ1n) is 4.66. The van der Waals surface area contributed by atoms with Crippen LogP contribution in [0.15, 0.2) is 23.2 Å². The normalized spacial score (nSPS) is 11.3. The van der Waals surface area contributed by atoms with Gasteiger partial charge in [0.15, 0.2) is 0 Å². The van der Waals surface area contributed by atoms with E-state index in [0.29, 0.717) is 0 Å². The van der Waals surface area contributed by atoms with Crippen LogP contribution < -0.4 is 10.6 Å². The number of aryl methyl sites for hydroxylation is 1. The number of nitrogens with one attached hydrogen (secondary N) is 2. The smallest absolute Gasteiger partial charge is 0.0972 e. The quantitative estimate of drug-likeness (QED) is 0.556. The summed E-state index contributed by atoms with van der Waals surface area (Å²) in [4.78, 5) is 4.07. The van der Waals surface area contributed by atoms with Crippen LogP contribution in [0.3, 0.4) is 0 Å². The molecule has 0 fully saturated rings. The molecule has 0 aliphatic carbocycles. The van der Waals surface area contributed by atoms with E-state index in [1.807, 2.05) is 14.0 Å². The van der Waals surface area contributed by atoms with Gasteiger partial charge in [0.2, 0.25) is 0 Å². The van der Waals surface area contributed by atoms with E-state index in [4.69, 9.17) is 0 Å². The maximum Gasteiger partial charge on any atom is 0.0972 e. The fourth-order valence-electron chi connectivity index (χ4n) is 1.16. The maximum atomic E-state index is 4.07. The number of anilines is 2. The van der Waals surface area contributed by atoms with Gasteiger partial charge in [-0.15, -0.1) is 0 Å². The van der Waals surface area contributed by atoms with E-state index in [-0.39, 0.29) is 0 Å². The van der Waals surface area contributed by atoms with Gasteiger partial charge in [0, 0.05) is 25.5 Å². The topological polar surface area (TPSA) is 36.4 Å². The second kappa shape index (κ2) is 4.65. The second-order valence-electron chi connectivity index (χ2n) is 3.21. The van der Waals surface area contributed by atoms with Gasteiger partial charge < -0.3 is 10.6 Å². The fraction of sp³-hybridized carbons (Fsp3) is 0.364. The van der Waals surface area contributed by atoms with Crippen molar-refractivity contribution in [1.82, 2.24) is 0 Å². The highest BCUT2D eigenvalue weighted by Gasteiger charge is 1.99. The number of nitrogens with zero attached hydrogens (tertiary/aromatic N) is 1. The summed E-state index contributed by atoms with van der Waals surface area (Å²) in [6.45, 7) is 4.02. The van der Waals surface area contributed by atoms with E-state index >= 15 is 0 Å². The van der Waals surface area contributed by atoms with Crippen LogP contribution >= 0.6 is 0 Å². The van der Waals surface area contributed by atoms with Gasteiger partial charge in [-0.05, 0) is 31.5 Å². The highest BCUT2D eigenvalue weighted by Crippen LogP contribution is 2.19. The van der Waals surface area contributed by atoms with Crippen LogP contribution in [0, 0.1) is 6.92 Å². The minimum atomic E-state index is 0.918. The molecule has 1 rings (SSSR count). The van der Waals surface area contributed by atoms with Gasteiger partial charge >= 0.3 is 0 Å². The lowest BCUT2D eigenvalue weighted by atomic mass is 10.2. The zero-order chi connectivity index (χ0) is 10.6. The molecule has 2 N–H and O–H groups in total. The standard InChI is InChI=1S/C11H17N3/c1-8-5-6-10(13-4)7-11(8)14-9(2)12-3/h5-7,13H,1-4H3,(H,12,14). The van der Waals surface area contributed by atoms with Crippen molar-refractivity contribution in [3.63, 3.8) is 0 Å². The third kappa shape index (κ3) is 2.49. The predicted molar refractivity (Wildman–Crippen MR) is 63.4 cm³/mol. The first-order valence-corrected chi connectivity index (χ1v) is 4.66. The first kappa shape index (κ1) is 10.6. The molecule has 0 aliphatic rings. The lowest BCUT2D eigenvalue weighted by Gasteiger charge is -2.10. The van der Waals surface area contributed by atoms with E-state index < -0.39 is 0 Å². The molecule has 14 heavy (non-hydrogen) atoms. The molecule has 0 amide bonds. The Labute approximate surface area is 85.3 Å². The van der Waals surface area contributed by atoms with Gasteiger partial charge in [-0.3, -0.25) is 4.99 Å². The van der Waals surface area contributed by atoms with Crippen molar-refractivity contribution in [3.05, 3.63) is 23.8 Å². The molecule has 0 spiro atoms. The number of rotatable bonds is 2. The van der Waals surface area contributed by atoms with Crippen molar-refractivity contribution in [2.75, 3.05) is 24.7 Å². The third-order valence-corrected chi connectivity index (χ3v) is 2.18. The van der Waals surface area contributed by atoms with E-state index in [1.54, 1.807) is 7.05 Å². The molecule has 0 aliphatic heterocycles. The molecule has 76 valence electrons. The number of amidine groups is 1. The molecule has 0 bridgehead atoms. The summed E-state index contributed by atoms with van der Waals surface area (Å²) in [5, 5.41) is 6.35. The summed E-state index contributed by atoms with van der Waals surface area (Å²) >= 11 is 0. The van der Waals surface area contributed by atoms with Crippen LogP contribution in [-0.4, -0.2) is 19.9 Å². The maximum absolute atomic E-state index is 4.07. The molecule has 1 aromatic carbocycles. The fourth-order valence-corrected chi connectivity index (χ4v) is 1.16. The van der Waals surface area contributed by atoms with Gasteiger partial charge in [0.05, 0.1) is 5.84 Å². The molecule has 0 unspecified atom stereocenters. The van der Waals surface area contributed by atoms with Gasteiger partial charge in [0.1, 0.15) is 0 Å². The molecule has 3 nitrogen and oxygen atoms in total. The Kier molecular flexibility index (Phi) is 3.51. The summed E-state index contributed by atoms with van der Waals surface area (Å²) in [5.41, 5.74) is 3.41. The summed E-state index contributed by atoms with van der Waals surface area (Å²) in [6, 6.07) is 6.21. The lowest BCUT2D eigenvalue weighted by molar-refractivity contribution is 1.37. The Bertz CT molecular complexity index is 342. The summed E-state index contributed by atoms with van der Waals surface area (Å²) in [7, 11) is 3.69. The summed E-state index contributed by atoms with van der Waals surface area (Å²) in [6.07, 6.45) is 0. The van der Waals surface area contributed by atoms with E-state index in [2.05, 4.69) is 40.7 Å². The molecule has 0 atom stereocenters. The van der Waals surface area contributed by atoms with Crippen LogP contribution in [-0.2, 0) is 0 Å². The molecule has 0 saturated carbocycles. The van der Waals surface area contributed by atoms with Crippen LogP contribution in [0.5, 0.6) is 0 Å². The molecule has 0 aromatic heterocycles. The van der Waals surface area contributed by atoms with Gasteiger partial charge in [0.25, 0.3) is 0 Å². The highest BCUT2D eigenvalue weighted by atomic mass is 15.0. The lowest BCUT2D eigenvalue weighted by Crippen LogP contribution is -2.08. The van der Waals surface area contributed by atoms with Crippen molar-refractivity contribution in [2.24, 2.45) is 4.99 Å². The largest absolute Gasteiger partial charge is 0.388 e. The highest BCUT2D eigenvalue weighted by molar-refractivity contribution is 5.94. The van der Waals surface area contributed by atoms with Crippen molar-refractivity contribution < 1.29 is 0 Å². The van der Waals surface area contributed by atoms with Crippen LogP contribution in [0.4, 0.5) is 11.4 Å². The third-order valence-electron chi connectivity index (χ3n) is 2.18. The van der Waals surface area contributed by atoms with Gasteiger partial charge in [-0.1, -0.05) is 6.07 Å². The Morgan fingerprint density at radius 3 is 2.64 bits per heavy atom. The van der Waals surface area contributed by atoms with Gasteiger partial charge in [-0.2, -0.15) is 0 Å². The molecule has 1 aromatic rings. The van der Waals surface area contributed by atoms with Crippen LogP contribution in [0.2, 0.25) is 0 Å². The Morgan fingerprint density at radius 2 is 2.07 bits per heavy atom. The first-order chi connectivity index (χ1) is 6.67. The van der Waals surface area contributed by atoms with Crippen LogP contribution in [0.1, 0.15) is 12.5 Å². The second-order valence-corrected chi connectivity index (χ2v) is 3.21. The number of benzene rings is 1. The molecule has 0 saturated heterocycles. The average molecular weight is 191 g/mol. The van der Waals surface area contributed by atoms with Gasteiger partial charge in [-0.25, -0.2) is 0 Å². The minimum absolute atomic E-state index is 0.918. The number of hydrogen-bond acceptors (Lipinski definition) is 2. The molecule has 0 heterocycles. The van der Waals surface area contributed by atoms with Crippen molar-refractivity contribution in [3.8, 4) is 0 Å². The monoisotopic (exact) mass is 191 g/mol. The van der Waals surface area contributed by atoms with E-state index in [1.165, 1.54) is 5.56 Å². The molecule has 3 heteroatoms. The Morgan fingerprint density at radius 1 is 1.36 bits per heavy atom. The summed E-state index contributed by atoms with van der Waals surface area (Å²) < 4.78 is 0. The Balaban J connectivity index is 2.95. The van der Waals surface area contributed by atoms with Crippen molar-refractivity contribution in [1.29, 1.82) is 0 Å². The molecular weight excluding hydrogens is 174 g/mol. The number of aliphatic imine (C=N–C) groups is 1.